The van der Waals surface area contributed by atoms with Crippen LogP contribution in [0.2, 0.25) is 0 Å². The van der Waals surface area contributed by atoms with Crippen molar-refractivity contribution in [3.05, 3.63) is 16.1 Å². The summed E-state index contributed by atoms with van der Waals surface area (Å²) in [7, 11) is 2.06. The lowest BCUT2D eigenvalue weighted by molar-refractivity contribution is 0.283. The van der Waals surface area contributed by atoms with E-state index in [1.165, 1.54) is 17.1 Å². The van der Waals surface area contributed by atoms with Crippen LogP contribution in [0.5, 0.6) is 0 Å². The Labute approximate surface area is 128 Å². The van der Waals surface area contributed by atoms with E-state index in [1.807, 2.05) is 0 Å². The topological polar surface area (TPSA) is 28.2 Å². The molecule has 0 saturated heterocycles. The van der Waals surface area contributed by atoms with E-state index in [2.05, 4.69) is 57.3 Å². The predicted molar refractivity (Wildman–Crippen MR) is 89.8 cm³/mol. The summed E-state index contributed by atoms with van der Waals surface area (Å²) in [6, 6.07) is 0.523. The van der Waals surface area contributed by atoms with Gasteiger partial charge in [-0.1, -0.05) is 34.6 Å². The second-order valence-corrected chi connectivity index (χ2v) is 7.32. The molecule has 0 aromatic carbocycles. The molecule has 0 radical (unpaired) electrons. The van der Waals surface area contributed by atoms with Crippen molar-refractivity contribution in [3.8, 4) is 0 Å². The highest BCUT2D eigenvalue weighted by molar-refractivity contribution is 7.09. The number of nitrogens with one attached hydrogen (secondary N) is 1. The molecule has 3 nitrogen and oxygen atoms in total. The van der Waals surface area contributed by atoms with Gasteiger partial charge in [0, 0.05) is 23.3 Å². The summed E-state index contributed by atoms with van der Waals surface area (Å²) in [5.41, 5.74) is 1.38. The van der Waals surface area contributed by atoms with Crippen LogP contribution in [0, 0.1) is 0 Å². The van der Waals surface area contributed by atoms with Gasteiger partial charge >= 0.3 is 0 Å². The molecule has 20 heavy (non-hydrogen) atoms. The van der Waals surface area contributed by atoms with Crippen molar-refractivity contribution in [1.82, 2.24) is 15.2 Å². The number of hydrogen-bond donors (Lipinski definition) is 1. The van der Waals surface area contributed by atoms with Crippen LogP contribution in [0.1, 0.15) is 51.7 Å². The van der Waals surface area contributed by atoms with Gasteiger partial charge in [0.05, 0.1) is 10.7 Å². The third kappa shape index (κ3) is 5.51. The fourth-order valence-corrected chi connectivity index (χ4v) is 3.29. The highest BCUT2D eigenvalue weighted by Crippen LogP contribution is 2.24. The molecule has 1 atom stereocenters. The van der Waals surface area contributed by atoms with Crippen molar-refractivity contribution in [2.24, 2.45) is 0 Å². The zero-order chi connectivity index (χ0) is 15.2. The highest BCUT2D eigenvalue weighted by atomic mass is 32.1. The molecule has 1 aromatic heterocycles. The van der Waals surface area contributed by atoms with Gasteiger partial charge in [0.1, 0.15) is 0 Å². The van der Waals surface area contributed by atoms with Crippen LogP contribution in [-0.4, -0.2) is 42.6 Å². The van der Waals surface area contributed by atoms with E-state index in [4.69, 9.17) is 4.98 Å². The van der Waals surface area contributed by atoms with E-state index < -0.39 is 0 Å². The van der Waals surface area contributed by atoms with E-state index in [9.17, 15) is 0 Å². The quantitative estimate of drug-likeness (QED) is 0.798. The average Bonchev–Trinajstić information content (AvgIpc) is 2.87. The molecule has 116 valence electrons. The van der Waals surface area contributed by atoms with Crippen LogP contribution < -0.4 is 5.32 Å². The number of likely N-dealkylation sites (N-methyl/N-ethyl adjacent to an activating group) is 1. The summed E-state index contributed by atoms with van der Waals surface area (Å²) < 4.78 is 0. The van der Waals surface area contributed by atoms with Gasteiger partial charge in [-0.15, -0.1) is 11.3 Å². The van der Waals surface area contributed by atoms with Gasteiger partial charge in [-0.2, -0.15) is 0 Å². The zero-order valence-electron chi connectivity index (χ0n) is 14.0. The summed E-state index contributed by atoms with van der Waals surface area (Å²) in [6.45, 7) is 14.6. The first-order chi connectivity index (χ1) is 9.40. The first-order valence-electron chi connectivity index (χ1n) is 7.75. The third-order valence-electron chi connectivity index (χ3n) is 3.84. The molecule has 1 aromatic rings. The normalized spacial score (nSPS) is 13.9. The number of rotatable bonds is 8. The Morgan fingerprint density at radius 3 is 2.40 bits per heavy atom. The lowest BCUT2D eigenvalue weighted by atomic mass is 9.93. The summed E-state index contributed by atoms with van der Waals surface area (Å²) >= 11 is 1.80. The molecule has 0 aliphatic heterocycles. The summed E-state index contributed by atoms with van der Waals surface area (Å²) in [6.07, 6.45) is 2.22. The largest absolute Gasteiger partial charge is 0.317 e. The summed E-state index contributed by atoms with van der Waals surface area (Å²) in [5, 5.41) is 6.91. The number of nitrogens with zero attached hydrogens (tertiary/aromatic N) is 2. The molecule has 0 aliphatic rings. The minimum absolute atomic E-state index is 0.158. The second-order valence-electron chi connectivity index (χ2n) is 6.38. The van der Waals surface area contributed by atoms with Crippen molar-refractivity contribution in [2.75, 3.05) is 26.7 Å². The van der Waals surface area contributed by atoms with Gasteiger partial charge in [0.15, 0.2) is 0 Å². The Bertz CT molecular complexity index is 377. The van der Waals surface area contributed by atoms with Crippen LogP contribution in [-0.2, 0) is 11.8 Å². The van der Waals surface area contributed by atoms with Gasteiger partial charge in [0.25, 0.3) is 0 Å². The SMILES string of the molecule is CCN(CC)CCC(Cc1nc(C(C)(C)C)cs1)NC. The van der Waals surface area contributed by atoms with Crippen LogP contribution in [0.3, 0.4) is 0 Å². The molecule has 0 aliphatic carbocycles. The number of hydrogen-bond acceptors (Lipinski definition) is 4. The molecular formula is C16H31N3S. The van der Waals surface area contributed by atoms with Crippen LogP contribution >= 0.6 is 11.3 Å². The highest BCUT2D eigenvalue weighted by Gasteiger charge is 2.18. The van der Waals surface area contributed by atoms with Gasteiger partial charge in [0.2, 0.25) is 0 Å². The Morgan fingerprint density at radius 1 is 1.30 bits per heavy atom. The molecule has 4 heteroatoms. The van der Waals surface area contributed by atoms with E-state index in [0.29, 0.717) is 6.04 Å². The molecule has 0 fully saturated rings. The van der Waals surface area contributed by atoms with Crippen molar-refractivity contribution in [3.63, 3.8) is 0 Å². The predicted octanol–water partition coefficient (Wildman–Crippen LogP) is 3.30. The smallest absolute Gasteiger partial charge is 0.0944 e. The molecular weight excluding hydrogens is 266 g/mol. The van der Waals surface area contributed by atoms with Crippen molar-refractivity contribution in [1.29, 1.82) is 0 Å². The second kappa shape index (κ2) is 8.11. The number of aromatic nitrogens is 1. The summed E-state index contributed by atoms with van der Waals surface area (Å²) in [5.74, 6) is 0. The lowest BCUT2D eigenvalue weighted by Crippen LogP contribution is -2.33. The minimum Gasteiger partial charge on any atom is -0.317 e. The van der Waals surface area contributed by atoms with Gasteiger partial charge in [-0.05, 0) is 33.1 Å². The monoisotopic (exact) mass is 297 g/mol. The minimum atomic E-state index is 0.158. The Kier molecular flexibility index (Phi) is 7.13. The molecule has 1 heterocycles. The average molecular weight is 298 g/mol. The van der Waals surface area contributed by atoms with Crippen molar-refractivity contribution < 1.29 is 0 Å². The van der Waals surface area contributed by atoms with Crippen LogP contribution in [0.4, 0.5) is 0 Å². The Morgan fingerprint density at radius 2 is 1.95 bits per heavy atom. The Hall–Kier alpha value is -0.450. The van der Waals surface area contributed by atoms with E-state index in [1.54, 1.807) is 11.3 Å². The van der Waals surface area contributed by atoms with Crippen LogP contribution in [0.25, 0.3) is 0 Å². The maximum Gasteiger partial charge on any atom is 0.0944 e. The van der Waals surface area contributed by atoms with Crippen LogP contribution in [0.15, 0.2) is 5.38 Å². The maximum absolute atomic E-state index is 4.80. The molecule has 1 unspecified atom stereocenters. The fourth-order valence-electron chi connectivity index (χ4n) is 2.19. The standard InChI is InChI=1S/C16H31N3S/c1-7-19(8-2)10-9-13(17-6)11-15-18-14(12-20-15)16(3,4)5/h12-13,17H,7-11H2,1-6H3. The number of thiazole rings is 1. The molecule has 0 saturated carbocycles. The van der Waals surface area contributed by atoms with Gasteiger partial charge in [-0.25, -0.2) is 4.98 Å². The molecule has 0 spiro atoms. The first-order valence-corrected chi connectivity index (χ1v) is 8.63. The third-order valence-corrected chi connectivity index (χ3v) is 4.71. The van der Waals surface area contributed by atoms with Gasteiger partial charge in [-0.3, -0.25) is 0 Å². The molecule has 0 bridgehead atoms. The zero-order valence-corrected chi connectivity index (χ0v) is 14.8. The lowest BCUT2D eigenvalue weighted by Gasteiger charge is -2.22. The van der Waals surface area contributed by atoms with Crippen molar-refractivity contribution >= 4 is 11.3 Å². The van der Waals surface area contributed by atoms with Gasteiger partial charge < -0.3 is 10.2 Å². The fraction of sp³-hybridized carbons (Fsp3) is 0.812. The first kappa shape index (κ1) is 17.6. The molecule has 0 amide bonds. The van der Waals surface area contributed by atoms with E-state index in [0.717, 1.165) is 26.1 Å². The van der Waals surface area contributed by atoms with Crippen molar-refractivity contribution in [2.45, 2.75) is 58.9 Å². The van der Waals surface area contributed by atoms with E-state index in [-0.39, 0.29) is 5.41 Å². The molecule has 1 rings (SSSR count). The maximum atomic E-state index is 4.80. The Balaban J connectivity index is 2.53. The molecule has 1 N–H and O–H groups in total. The summed E-state index contributed by atoms with van der Waals surface area (Å²) in [4.78, 5) is 7.28. The van der Waals surface area contributed by atoms with E-state index >= 15 is 0 Å².